The number of nitrogens with one attached hydrogen (secondary N) is 1. The summed E-state index contributed by atoms with van der Waals surface area (Å²) in [5.41, 5.74) is 4.05. The number of hydrogen-bond donors (Lipinski definition) is 1. The second kappa shape index (κ2) is 9.01. The lowest BCUT2D eigenvalue weighted by atomic mass is 10.0. The van der Waals surface area contributed by atoms with E-state index in [9.17, 15) is 4.79 Å². The average Bonchev–Trinajstić information content (AvgIpc) is 3.23. The Morgan fingerprint density at radius 2 is 1.83 bits per heavy atom. The van der Waals surface area contributed by atoms with Gasteiger partial charge in [0.25, 0.3) is 5.91 Å². The molecule has 6 heteroatoms. The lowest BCUT2D eigenvalue weighted by Crippen LogP contribution is -2.32. The highest BCUT2D eigenvalue weighted by atomic mass is 16.1. The topological polar surface area (TPSA) is 63.1 Å². The Balaban J connectivity index is 1.45. The van der Waals surface area contributed by atoms with E-state index in [2.05, 4.69) is 20.5 Å². The van der Waals surface area contributed by atoms with Gasteiger partial charge >= 0.3 is 0 Å². The number of rotatable bonds is 6. The fourth-order valence-corrected chi connectivity index (χ4v) is 3.71. The van der Waals surface area contributed by atoms with Crippen LogP contribution < -0.4 is 5.32 Å². The normalized spacial score (nSPS) is 14.7. The minimum absolute atomic E-state index is 0.118. The predicted molar refractivity (Wildman–Crippen MR) is 115 cm³/mol. The Hall–Kier alpha value is -2.99. The number of aromatic nitrogens is 3. The Kier molecular flexibility index (Phi) is 6.00. The molecular formula is C23H27N5O. The molecule has 6 nitrogen and oxygen atoms in total. The summed E-state index contributed by atoms with van der Waals surface area (Å²) in [6, 6.07) is 15.3. The average molecular weight is 390 g/mol. The first kappa shape index (κ1) is 19.3. The van der Waals surface area contributed by atoms with Gasteiger partial charge in [-0.2, -0.15) is 0 Å². The lowest BCUT2D eigenvalue weighted by molar-refractivity contribution is 0.102. The van der Waals surface area contributed by atoms with Crippen molar-refractivity contribution in [2.75, 3.05) is 25.0 Å². The Labute approximate surface area is 171 Å². The van der Waals surface area contributed by atoms with E-state index in [-0.39, 0.29) is 5.91 Å². The van der Waals surface area contributed by atoms with E-state index < -0.39 is 0 Å². The van der Waals surface area contributed by atoms with Gasteiger partial charge in [-0.15, -0.1) is 5.10 Å². The zero-order valence-electron chi connectivity index (χ0n) is 16.8. The highest BCUT2D eigenvalue weighted by molar-refractivity contribution is 6.05. The van der Waals surface area contributed by atoms with Gasteiger partial charge in [-0.3, -0.25) is 9.48 Å². The molecule has 150 valence electrons. The van der Waals surface area contributed by atoms with Crippen LogP contribution >= 0.6 is 0 Å². The molecule has 0 unspecified atom stereocenters. The second-order valence-corrected chi connectivity index (χ2v) is 7.62. The molecule has 1 N–H and O–H groups in total. The number of likely N-dealkylation sites (tertiary alicyclic amines) is 1. The number of nitrogens with zero attached hydrogens (tertiary/aromatic N) is 4. The third-order valence-electron chi connectivity index (χ3n) is 5.44. The van der Waals surface area contributed by atoms with Crippen LogP contribution in [-0.2, 0) is 6.54 Å². The van der Waals surface area contributed by atoms with Gasteiger partial charge in [0.2, 0.25) is 0 Å². The summed E-state index contributed by atoms with van der Waals surface area (Å²) in [5.74, 6) is -0.118. The summed E-state index contributed by atoms with van der Waals surface area (Å²) in [5, 5.41) is 11.6. The van der Waals surface area contributed by atoms with Gasteiger partial charge in [0.1, 0.15) is 5.69 Å². The summed E-state index contributed by atoms with van der Waals surface area (Å²) < 4.78 is 1.90. The van der Waals surface area contributed by atoms with Gasteiger partial charge in [0.05, 0.1) is 12.7 Å². The number of hydrogen-bond acceptors (Lipinski definition) is 4. The molecule has 29 heavy (non-hydrogen) atoms. The Morgan fingerprint density at radius 1 is 1.03 bits per heavy atom. The lowest BCUT2D eigenvalue weighted by Gasteiger charge is -2.25. The van der Waals surface area contributed by atoms with Crippen LogP contribution in [-0.4, -0.2) is 45.4 Å². The minimum Gasteiger partial charge on any atom is -0.322 e. The van der Waals surface area contributed by atoms with Gasteiger partial charge in [-0.1, -0.05) is 42.0 Å². The molecule has 1 aromatic heterocycles. The highest BCUT2D eigenvalue weighted by Crippen LogP contribution is 2.21. The van der Waals surface area contributed by atoms with Crippen molar-refractivity contribution in [3.63, 3.8) is 0 Å². The summed E-state index contributed by atoms with van der Waals surface area (Å²) in [6.07, 6.45) is 5.89. The summed E-state index contributed by atoms with van der Waals surface area (Å²) in [4.78, 5) is 15.2. The molecule has 0 radical (unpaired) electrons. The molecule has 1 aliphatic rings. The Morgan fingerprint density at radius 3 is 2.62 bits per heavy atom. The Bertz CT molecular complexity index is 960. The van der Waals surface area contributed by atoms with Crippen molar-refractivity contribution in [3.05, 3.63) is 65.9 Å². The standard InChI is InChI=1S/C23H27N5O/c1-18-10-11-19(16-21(18)23(29)24-20-8-4-2-5-9-20)22-17-28(26-25-22)15-14-27-12-6-3-7-13-27/h2,4-5,8-11,16-17H,3,6-7,12-15H2,1H3,(H,24,29). The van der Waals surface area contributed by atoms with Crippen molar-refractivity contribution in [1.82, 2.24) is 19.9 Å². The number of benzene rings is 2. The monoisotopic (exact) mass is 389 g/mol. The molecule has 2 heterocycles. The predicted octanol–water partition coefficient (Wildman–Crippen LogP) is 3.99. The molecule has 3 aromatic rings. The molecule has 0 aliphatic carbocycles. The second-order valence-electron chi connectivity index (χ2n) is 7.62. The van der Waals surface area contributed by atoms with Crippen molar-refractivity contribution in [2.24, 2.45) is 0 Å². The van der Waals surface area contributed by atoms with Crippen LogP contribution in [0.15, 0.2) is 54.7 Å². The largest absolute Gasteiger partial charge is 0.322 e. The van der Waals surface area contributed by atoms with Gasteiger partial charge < -0.3 is 10.2 Å². The molecule has 0 atom stereocenters. The fraction of sp³-hybridized carbons (Fsp3) is 0.348. The number of para-hydroxylation sites is 1. The van der Waals surface area contributed by atoms with E-state index >= 15 is 0 Å². The first-order valence-corrected chi connectivity index (χ1v) is 10.3. The summed E-state index contributed by atoms with van der Waals surface area (Å²) in [7, 11) is 0. The number of carbonyl (C=O) groups is 1. The molecule has 1 amide bonds. The van der Waals surface area contributed by atoms with Crippen LogP contribution in [0.25, 0.3) is 11.3 Å². The molecule has 1 aliphatic heterocycles. The summed E-state index contributed by atoms with van der Waals surface area (Å²) >= 11 is 0. The van der Waals surface area contributed by atoms with Crippen molar-refractivity contribution in [1.29, 1.82) is 0 Å². The van der Waals surface area contributed by atoms with E-state index in [0.717, 1.165) is 35.6 Å². The van der Waals surface area contributed by atoms with Crippen LogP contribution in [0.5, 0.6) is 0 Å². The molecule has 1 fully saturated rings. The van der Waals surface area contributed by atoms with Gasteiger partial charge in [0.15, 0.2) is 0 Å². The fourth-order valence-electron chi connectivity index (χ4n) is 3.71. The van der Waals surface area contributed by atoms with Crippen molar-refractivity contribution >= 4 is 11.6 Å². The maximum absolute atomic E-state index is 12.7. The zero-order valence-corrected chi connectivity index (χ0v) is 16.8. The van der Waals surface area contributed by atoms with E-state index in [0.29, 0.717) is 5.56 Å². The number of carbonyl (C=O) groups excluding carboxylic acids is 1. The van der Waals surface area contributed by atoms with Crippen molar-refractivity contribution in [3.8, 4) is 11.3 Å². The molecular weight excluding hydrogens is 362 g/mol. The molecule has 0 saturated carbocycles. The molecule has 0 spiro atoms. The van der Waals surface area contributed by atoms with Crippen LogP contribution in [0.3, 0.4) is 0 Å². The SMILES string of the molecule is Cc1ccc(-c2cn(CCN3CCCCC3)nn2)cc1C(=O)Nc1ccccc1. The number of anilines is 1. The molecule has 0 bridgehead atoms. The van der Waals surface area contributed by atoms with Gasteiger partial charge in [-0.25, -0.2) is 0 Å². The van der Waals surface area contributed by atoms with E-state index in [1.807, 2.05) is 66.3 Å². The number of aryl methyl sites for hydroxylation is 1. The van der Waals surface area contributed by atoms with Crippen LogP contribution in [0.4, 0.5) is 5.69 Å². The van der Waals surface area contributed by atoms with E-state index in [1.54, 1.807) is 0 Å². The van der Waals surface area contributed by atoms with E-state index in [4.69, 9.17) is 0 Å². The first-order valence-electron chi connectivity index (χ1n) is 10.3. The van der Waals surface area contributed by atoms with Gasteiger partial charge in [-0.05, 0) is 56.6 Å². The van der Waals surface area contributed by atoms with Crippen molar-refractivity contribution < 1.29 is 4.79 Å². The van der Waals surface area contributed by atoms with E-state index in [1.165, 1.54) is 32.4 Å². The minimum atomic E-state index is -0.118. The van der Waals surface area contributed by atoms with Crippen LogP contribution in [0.2, 0.25) is 0 Å². The third-order valence-corrected chi connectivity index (χ3v) is 5.44. The molecule has 2 aromatic carbocycles. The number of amides is 1. The zero-order chi connectivity index (χ0) is 20.1. The first-order chi connectivity index (χ1) is 14.2. The van der Waals surface area contributed by atoms with Crippen LogP contribution in [0.1, 0.15) is 35.2 Å². The maximum atomic E-state index is 12.7. The molecule has 1 saturated heterocycles. The van der Waals surface area contributed by atoms with Gasteiger partial charge in [0, 0.05) is 23.4 Å². The molecule has 4 rings (SSSR count). The maximum Gasteiger partial charge on any atom is 0.255 e. The quantitative estimate of drug-likeness (QED) is 0.692. The van der Waals surface area contributed by atoms with Crippen LogP contribution in [0, 0.1) is 6.92 Å². The van der Waals surface area contributed by atoms with Crippen molar-refractivity contribution in [2.45, 2.75) is 32.7 Å². The summed E-state index contributed by atoms with van der Waals surface area (Å²) in [6.45, 7) is 6.14. The highest BCUT2D eigenvalue weighted by Gasteiger charge is 2.14. The third kappa shape index (κ3) is 4.90. The smallest absolute Gasteiger partial charge is 0.255 e. The number of piperidine rings is 1.